The first-order valence-electron chi connectivity index (χ1n) is 16.8. The van der Waals surface area contributed by atoms with Gasteiger partial charge in [-0.05, 0) is 101 Å². The van der Waals surface area contributed by atoms with Crippen LogP contribution in [0.2, 0.25) is 0 Å². The van der Waals surface area contributed by atoms with E-state index in [1.807, 2.05) is 30.3 Å². The Balaban J connectivity index is 1.14. The van der Waals surface area contributed by atoms with Gasteiger partial charge >= 0.3 is 0 Å². The Morgan fingerprint density at radius 1 is 0.280 bits per heavy atom. The molecule has 0 aliphatic heterocycles. The fraction of sp³-hybridized carbons (Fsp3) is 0. The van der Waals surface area contributed by atoms with Crippen molar-refractivity contribution in [3.63, 3.8) is 0 Å². The highest BCUT2D eigenvalue weighted by molar-refractivity contribution is 6.27. The normalized spacial score (nSPS) is 12.0. The number of hydrogen-bond acceptors (Lipinski definition) is 4. The predicted octanol–water partition coefficient (Wildman–Crippen LogP) is 13.7. The number of hydrogen-bond donors (Lipinski definition) is 0. The van der Waals surface area contributed by atoms with Crippen molar-refractivity contribution in [2.24, 2.45) is 0 Å². The van der Waals surface area contributed by atoms with Crippen molar-refractivity contribution >= 4 is 93.7 Å². The molecule has 50 heavy (non-hydrogen) atoms. The van der Waals surface area contributed by atoms with E-state index in [4.69, 9.17) is 13.3 Å². The zero-order valence-electron chi connectivity index (χ0n) is 26.8. The summed E-state index contributed by atoms with van der Waals surface area (Å²) in [4.78, 5) is 2.30. The fourth-order valence-corrected chi connectivity index (χ4v) is 7.77. The van der Waals surface area contributed by atoms with E-state index in [1.54, 1.807) is 0 Å². The van der Waals surface area contributed by atoms with E-state index < -0.39 is 0 Å². The third-order valence-corrected chi connectivity index (χ3v) is 10.1. The predicted molar refractivity (Wildman–Crippen MR) is 206 cm³/mol. The molecule has 3 heterocycles. The lowest BCUT2D eigenvalue weighted by atomic mass is 9.99. The molecule has 0 atom stereocenters. The summed E-state index contributed by atoms with van der Waals surface area (Å²) in [5.74, 6) is 0. The van der Waals surface area contributed by atoms with Gasteiger partial charge < -0.3 is 18.2 Å². The average Bonchev–Trinajstić information content (AvgIpc) is 3.86. The van der Waals surface area contributed by atoms with E-state index in [2.05, 4.69) is 138 Å². The molecule has 0 bridgehead atoms. The first-order valence-corrected chi connectivity index (χ1v) is 16.8. The Morgan fingerprint density at radius 2 is 0.760 bits per heavy atom. The molecule has 0 radical (unpaired) electrons. The number of furan rings is 3. The summed E-state index contributed by atoms with van der Waals surface area (Å²) in [7, 11) is 0. The molecule has 11 rings (SSSR count). The molecule has 0 saturated heterocycles. The van der Waals surface area contributed by atoms with Gasteiger partial charge in [0.15, 0.2) is 0 Å². The van der Waals surface area contributed by atoms with Crippen LogP contribution in [0.4, 0.5) is 17.1 Å². The molecule has 4 heteroatoms. The third kappa shape index (κ3) is 3.99. The Bertz CT molecular complexity index is 3090. The van der Waals surface area contributed by atoms with Gasteiger partial charge in [0.1, 0.15) is 33.5 Å². The minimum Gasteiger partial charge on any atom is -0.456 e. The second-order valence-electron chi connectivity index (χ2n) is 12.9. The van der Waals surface area contributed by atoms with Crippen LogP contribution in [0.5, 0.6) is 0 Å². The minimum atomic E-state index is 0.848. The van der Waals surface area contributed by atoms with Gasteiger partial charge in [-0.1, -0.05) is 78.9 Å². The molecule has 11 aromatic rings. The lowest BCUT2D eigenvalue weighted by Crippen LogP contribution is -2.09. The fourth-order valence-electron chi connectivity index (χ4n) is 7.77. The molecule has 3 aromatic heterocycles. The van der Waals surface area contributed by atoms with Crippen LogP contribution in [-0.4, -0.2) is 0 Å². The maximum Gasteiger partial charge on any atom is 0.137 e. The highest BCUT2D eigenvalue weighted by Gasteiger charge is 2.20. The van der Waals surface area contributed by atoms with Crippen LogP contribution in [0, 0.1) is 0 Å². The summed E-state index contributed by atoms with van der Waals surface area (Å²) < 4.78 is 19.1. The minimum absolute atomic E-state index is 0.848. The van der Waals surface area contributed by atoms with E-state index in [0.29, 0.717) is 0 Å². The van der Waals surface area contributed by atoms with E-state index in [0.717, 1.165) is 93.7 Å². The Hall–Kier alpha value is -6.78. The summed E-state index contributed by atoms with van der Waals surface area (Å²) in [6.45, 7) is 0. The lowest BCUT2D eigenvalue weighted by molar-refractivity contribution is 0.668. The van der Waals surface area contributed by atoms with Crippen molar-refractivity contribution in [3.05, 3.63) is 164 Å². The van der Waals surface area contributed by atoms with Crippen molar-refractivity contribution in [2.45, 2.75) is 0 Å². The molecular formula is C46H27NO3. The van der Waals surface area contributed by atoms with Gasteiger partial charge in [0, 0.05) is 55.4 Å². The smallest absolute Gasteiger partial charge is 0.137 e. The van der Waals surface area contributed by atoms with Gasteiger partial charge in [-0.15, -0.1) is 0 Å². The molecule has 0 unspecified atom stereocenters. The summed E-state index contributed by atoms with van der Waals surface area (Å²) >= 11 is 0. The van der Waals surface area contributed by atoms with Gasteiger partial charge in [0.2, 0.25) is 0 Å². The molecule has 0 spiro atoms. The Morgan fingerprint density at radius 3 is 1.52 bits per heavy atom. The number of fused-ring (bicyclic) bond motifs is 12. The lowest BCUT2D eigenvalue weighted by Gasteiger charge is -2.25. The van der Waals surface area contributed by atoms with E-state index in [9.17, 15) is 0 Å². The van der Waals surface area contributed by atoms with Crippen molar-refractivity contribution < 1.29 is 13.3 Å². The number of anilines is 3. The molecule has 234 valence electrons. The van der Waals surface area contributed by atoms with Gasteiger partial charge in [-0.3, -0.25) is 0 Å². The zero-order chi connectivity index (χ0) is 32.8. The van der Waals surface area contributed by atoms with Crippen molar-refractivity contribution in [1.82, 2.24) is 0 Å². The standard InChI is InChI=1S/C46H27NO3/c1-2-8-28(9-3-1)29-14-16-30(17-15-29)47(32-18-20-34-33-10-4-6-12-39(33)50-44(34)27-32)31-19-23-41-38(26-31)46-36-22-24-42-45(35(36)21-25-43(46)49-41)37-11-5-7-13-40(37)48-42/h1-27H. The number of rotatable bonds is 4. The van der Waals surface area contributed by atoms with Gasteiger partial charge in [0.25, 0.3) is 0 Å². The van der Waals surface area contributed by atoms with E-state index in [1.165, 1.54) is 11.1 Å². The Labute approximate surface area is 286 Å². The van der Waals surface area contributed by atoms with Crippen LogP contribution in [-0.2, 0) is 0 Å². The quantitative estimate of drug-likeness (QED) is 0.192. The van der Waals surface area contributed by atoms with Crippen LogP contribution in [0.1, 0.15) is 0 Å². The number of benzene rings is 8. The second-order valence-corrected chi connectivity index (χ2v) is 12.9. The third-order valence-electron chi connectivity index (χ3n) is 10.1. The van der Waals surface area contributed by atoms with E-state index >= 15 is 0 Å². The molecule has 0 aliphatic carbocycles. The number of nitrogens with zero attached hydrogens (tertiary/aromatic N) is 1. The van der Waals surface area contributed by atoms with Crippen LogP contribution in [0.25, 0.3) is 87.7 Å². The van der Waals surface area contributed by atoms with Crippen LogP contribution >= 0.6 is 0 Å². The van der Waals surface area contributed by atoms with E-state index in [-0.39, 0.29) is 0 Å². The maximum absolute atomic E-state index is 6.49. The molecule has 8 aromatic carbocycles. The summed E-state index contributed by atoms with van der Waals surface area (Å²) in [5.41, 5.74) is 10.7. The zero-order valence-corrected chi connectivity index (χ0v) is 26.8. The largest absolute Gasteiger partial charge is 0.456 e. The van der Waals surface area contributed by atoms with Crippen molar-refractivity contribution in [3.8, 4) is 11.1 Å². The summed E-state index contributed by atoms with van der Waals surface area (Å²) in [5, 5.41) is 8.91. The highest BCUT2D eigenvalue weighted by Crippen LogP contribution is 2.44. The molecule has 4 nitrogen and oxygen atoms in total. The summed E-state index contributed by atoms with van der Waals surface area (Å²) in [6.07, 6.45) is 0. The maximum atomic E-state index is 6.49. The van der Waals surface area contributed by atoms with Crippen LogP contribution in [0.3, 0.4) is 0 Å². The topological polar surface area (TPSA) is 42.7 Å². The van der Waals surface area contributed by atoms with Gasteiger partial charge in [-0.25, -0.2) is 0 Å². The monoisotopic (exact) mass is 641 g/mol. The number of para-hydroxylation sites is 2. The first kappa shape index (κ1) is 27.2. The Kier molecular flexibility index (Phi) is 5.63. The average molecular weight is 642 g/mol. The van der Waals surface area contributed by atoms with Crippen LogP contribution < -0.4 is 4.90 Å². The SMILES string of the molecule is c1ccc(-c2ccc(N(c3ccc4c(c3)oc3ccccc34)c3ccc4oc5ccc6c(ccc7oc8ccccc8c76)c5c4c3)cc2)cc1. The first-order chi connectivity index (χ1) is 24.8. The molecule has 0 fully saturated rings. The molecule has 0 N–H and O–H groups in total. The molecule has 0 saturated carbocycles. The second kappa shape index (κ2) is 10.4. The van der Waals surface area contributed by atoms with Gasteiger partial charge in [0.05, 0.1) is 0 Å². The molecular weight excluding hydrogens is 615 g/mol. The molecule has 0 amide bonds. The highest BCUT2D eigenvalue weighted by atomic mass is 16.3. The molecule has 0 aliphatic rings. The van der Waals surface area contributed by atoms with Gasteiger partial charge in [-0.2, -0.15) is 0 Å². The summed E-state index contributed by atoms with van der Waals surface area (Å²) in [6, 6.07) is 57.2. The van der Waals surface area contributed by atoms with Crippen LogP contribution in [0.15, 0.2) is 177 Å². The van der Waals surface area contributed by atoms with Crippen molar-refractivity contribution in [2.75, 3.05) is 4.90 Å². The van der Waals surface area contributed by atoms with Crippen molar-refractivity contribution in [1.29, 1.82) is 0 Å².